The number of aliphatic carboxylic acids is 2. The van der Waals surface area contributed by atoms with Crippen LogP contribution in [0.15, 0.2) is 61.8 Å². The van der Waals surface area contributed by atoms with Crippen LogP contribution in [0.25, 0.3) is 0 Å². The number of hydrogen-bond acceptors (Lipinski definition) is 28. The number of benzene rings is 1. The second kappa shape index (κ2) is 50.4. The maximum atomic E-state index is 14.6. The Kier molecular flexibility index (Phi) is 42.3. The summed E-state index contributed by atoms with van der Waals surface area (Å²) >= 11 is 5.14. The summed E-state index contributed by atoms with van der Waals surface area (Å²) in [6.45, 7) is -4.01. The predicted molar refractivity (Wildman–Crippen MR) is 410 cm³/mol. The number of rotatable bonds is 54. The fraction of sp³-hybridized carbons (Fsp3) is 0.530. The lowest BCUT2D eigenvalue weighted by molar-refractivity contribution is -0.142. The van der Waals surface area contributed by atoms with Gasteiger partial charge >= 0.3 is 11.9 Å². The maximum absolute atomic E-state index is 14.6. The minimum Gasteiger partial charge on any atom is -0.508 e. The van der Waals surface area contributed by atoms with E-state index in [1.165, 1.54) is 109 Å². The van der Waals surface area contributed by atoms with Crippen LogP contribution < -0.4 is 80.6 Å². The molecule has 43 nitrogen and oxygen atoms in total. The number of aromatic amines is 3. The Morgan fingerprint density at radius 2 is 0.673 bits per heavy atom. The topological polar surface area (TPSA) is 689 Å². The van der Waals surface area contributed by atoms with E-state index in [9.17, 15) is 107 Å². The zero-order chi connectivity index (χ0) is 83.7. The van der Waals surface area contributed by atoms with Crippen molar-refractivity contribution < 1.29 is 107 Å². The molecule has 0 saturated heterocycles. The van der Waals surface area contributed by atoms with Crippen LogP contribution in [-0.4, -0.2) is 308 Å². The van der Waals surface area contributed by atoms with Gasteiger partial charge < -0.3 is 126 Å². The summed E-state index contributed by atoms with van der Waals surface area (Å²) in [5, 5.41) is 91.0. The van der Waals surface area contributed by atoms with Gasteiger partial charge in [-0.05, 0) is 91.4 Å². The summed E-state index contributed by atoms with van der Waals surface area (Å²) in [6.07, 6.45) is 11.1. The summed E-state index contributed by atoms with van der Waals surface area (Å²) in [5.41, 5.74) is 12.3. The van der Waals surface area contributed by atoms with Crippen LogP contribution in [0, 0.1) is 0 Å². The first-order valence-corrected chi connectivity index (χ1v) is 40.3. The molecule has 47 heteroatoms. The van der Waals surface area contributed by atoms with Crippen molar-refractivity contribution in [3.63, 3.8) is 0 Å². The molecule has 0 bridgehead atoms. The number of hydrogen-bond donors (Lipinski definition) is 24. The van der Waals surface area contributed by atoms with Crippen molar-refractivity contribution in [1.82, 2.24) is 99.0 Å². The third-order valence-electron chi connectivity index (χ3n) is 16.5. The molecule has 13 atom stereocenters. The number of amides is 14. The number of carboxylic acid groups (broad SMARTS) is 2. The Morgan fingerprint density at radius 1 is 0.381 bits per heavy atom. The molecule has 0 aliphatic carbocycles. The molecule has 113 heavy (non-hydrogen) atoms. The first-order valence-electron chi connectivity index (χ1n) is 34.8. The first kappa shape index (κ1) is 94.8. The van der Waals surface area contributed by atoms with E-state index in [4.69, 9.17) is 11.5 Å². The van der Waals surface area contributed by atoms with E-state index >= 15 is 0 Å². The van der Waals surface area contributed by atoms with Gasteiger partial charge in [-0.15, -0.1) is 0 Å². The number of aliphatic hydroxyl groups is 3. The number of nitrogens with one attached hydrogen (secondary N) is 16. The Labute approximate surface area is 663 Å². The molecule has 0 fully saturated rings. The maximum Gasteiger partial charge on any atom is 0.305 e. The minimum atomic E-state index is -1.87. The predicted octanol–water partition coefficient (Wildman–Crippen LogP) is -8.48. The minimum absolute atomic E-state index is 0.0747. The lowest BCUT2D eigenvalue weighted by atomic mass is 10.0. The standard InChI is InChI=1S/C66H97N21O22S4/c1-110-13-9-38(67)55(98)79-46(21-52(93)94)63(106)82-45(20-36-25-71-32-75-36)62(105)87-50(29-90)66(109)83-44(19-35-24-70-31-74-35)61(104)81-43(18-34-23-69-30-73-34)60(103)77-39(10-14-111-2)56(99)72-26-51(92)76-40(11-15-112-3)57(100)86-49(28-89)65(108)80-42(17-33-5-7-37(91)8-6-33)59(102)78-41(12-16-113-4)58(101)84-47(22-53(95)96)64(107)85-48(27-88)54(68)97/h5-8,23-25,30-32,38-50,88-91H,9-22,26-29,67H2,1-4H3,(H2,68,97)(H,69,73)(H,70,74)(H,71,75)(H,72,99)(H,76,92)(H,77,103)(H,78,102)(H,79,98)(H,80,108)(H,81,104)(H,82,106)(H,83,109)(H,84,101)(H,85,107)(H,86,100)(H,87,105)(H,93,94)(H,95,96)/t38-,39-,40-,41-,42-,43-,44-,45-,46-,47-,48-,49-,50-/m0/s1. The average Bonchev–Trinajstić information content (AvgIpc) is 1.58. The van der Waals surface area contributed by atoms with Gasteiger partial charge in [-0.3, -0.25) is 76.7 Å². The molecule has 4 aromatic rings. The summed E-state index contributed by atoms with van der Waals surface area (Å²) in [4.78, 5) is 237. The number of thioether (sulfide) groups is 4. The Morgan fingerprint density at radius 3 is 1.02 bits per heavy atom. The summed E-state index contributed by atoms with van der Waals surface area (Å²) in [5.74, 6) is -17.1. The van der Waals surface area contributed by atoms with Gasteiger partial charge in [0.05, 0.1) is 64.2 Å². The fourth-order valence-electron chi connectivity index (χ4n) is 10.3. The molecule has 0 aliphatic rings. The van der Waals surface area contributed by atoms with Crippen LogP contribution in [0.2, 0.25) is 0 Å². The number of phenols is 1. The first-order chi connectivity index (χ1) is 53.9. The number of carbonyl (C=O) groups is 16. The summed E-state index contributed by atoms with van der Waals surface area (Å²) in [6, 6.07) is -15.7. The molecule has 0 aliphatic heterocycles. The monoisotopic (exact) mass is 1660 g/mol. The van der Waals surface area contributed by atoms with Gasteiger partial charge in [0.15, 0.2) is 0 Å². The fourth-order valence-corrected chi connectivity index (χ4v) is 12.2. The number of aliphatic hydroxyl groups excluding tert-OH is 3. The number of carbonyl (C=O) groups excluding carboxylic acids is 14. The molecule has 1 aromatic carbocycles. The highest BCUT2D eigenvalue weighted by atomic mass is 32.2. The van der Waals surface area contributed by atoms with Gasteiger partial charge in [-0.1, -0.05) is 12.1 Å². The average molecular weight is 1660 g/mol. The van der Waals surface area contributed by atoms with Gasteiger partial charge in [-0.2, -0.15) is 47.0 Å². The highest BCUT2D eigenvalue weighted by Gasteiger charge is 2.38. The van der Waals surface area contributed by atoms with Crippen molar-refractivity contribution in [1.29, 1.82) is 0 Å². The van der Waals surface area contributed by atoms with Crippen molar-refractivity contribution in [2.75, 3.05) is 74.4 Å². The third kappa shape index (κ3) is 34.1. The number of imidazole rings is 3. The zero-order valence-corrected chi connectivity index (χ0v) is 65.1. The number of nitrogens with zero attached hydrogens (tertiary/aromatic N) is 3. The molecule has 3 aromatic heterocycles. The zero-order valence-electron chi connectivity index (χ0n) is 61.9. The van der Waals surface area contributed by atoms with Gasteiger partial charge in [0.1, 0.15) is 78.3 Å². The molecule has 4 rings (SSSR count). The number of nitrogens with two attached hydrogens (primary N) is 2. The number of primary amides is 1. The van der Waals surface area contributed by atoms with E-state index in [0.717, 1.165) is 0 Å². The van der Waals surface area contributed by atoms with Gasteiger partial charge in [0.2, 0.25) is 82.7 Å². The Hall–Kier alpha value is -10.6. The molecule has 3 heterocycles. The van der Waals surface area contributed by atoms with Crippen LogP contribution in [0.1, 0.15) is 61.2 Å². The van der Waals surface area contributed by atoms with E-state index in [0.29, 0.717) is 11.3 Å². The normalized spacial score (nSPS) is 14.5. The van der Waals surface area contributed by atoms with E-state index < -0.39 is 212 Å². The molecular formula is C66H97N21O22S4. The Balaban J connectivity index is 1.52. The van der Waals surface area contributed by atoms with Crippen LogP contribution >= 0.6 is 47.0 Å². The molecular weight excluding hydrogens is 1570 g/mol. The quantitative estimate of drug-likeness (QED) is 0.0195. The largest absolute Gasteiger partial charge is 0.508 e. The molecule has 622 valence electrons. The lowest BCUT2D eigenvalue weighted by Gasteiger charge is -2.27. The van der Waals surface area contributed by atoms with Crippen molar-refractivity contribution in [2.24, 2.45) is 11.5 Å². The smallest absolute Gasteiger partial charge is 0.305 e. The van der Waals surface area contributed by atoms with Crippen LogP contribution in [0.5, 0.6) is 5.75 Å². The molecule has 0 radical (unpaired) electrons. The van der Waals surface area contributed by atoms with Crippen molar-refractivity contribution in [3.05, 3.63) is 84.5 Å². The highest BCUT2D eigenvalue weighted by Crippen LogP contribution is 2.15. The summed E-state index contributed by atoms with van der Waals surface area (Å²) in [7, 11) is 0. The van der Waals surface area contributed by atoms with Gasteiger partial charge in [-0.25, -0.2) is 15.0 Å². The van der Waals surface area contributed by atoms with Crippen molar-refractivity contribution in [2.45, 2.75) is 143 Å². The van der Waals surface area contributed by atoms with Crippen LogP contribution in [0.4, 0.5) is 0 Å². The number of aromatic nitrogens is 6. The lowest BCUT2D eigenvalue weighted by Crippen LogP contribution is -2.61. The highest BCUT2D eigenvalue weighted by molar-refractivity contribution is 7.99. The van der Waals surface area contributed by atoms with Gasteiger partial charge in [0, 0.05) is 61.4 Å². The number of carboxylic acids is 2. The van der Waals surface area contributed by atoms with Crippen LogP contribution in [0.3, 0.4) is 0 Å². The second-order valence-electron chi connectivity index (χ2n) is 25.1. The van der Waals surface area contributed by atoms with Crippen molar-refractivity contribution in [3.8, 4) is 5.75 Å². The third-order valence-corrected chi connectivity index (χ3v) is 19.1. The summed E-state index contributed by atoms with van der Waals surface area (Å²) < 4.78 is 0. The van der Waals surface area contributed by atoms with E-state index in [1.807, 2.05) is 5.32 Å². The molecule has 0 saturated carbocycles. The second-order valence-corrected chi connectivity index (χ2v) is 29.0. The SMILES string of the molecule is CSCC[C@H](NC(=O)CNC(=O)[C@H](CCSC)NC(=O)[C@H](Cc1cnc[nH]1)NC(=O)[C@H](Cc1cnc[nH]1)NC(=O)[C@H](CO)NC(=O)[C@H](Cc1cnc[nH]1)NC(=O)[C@H](CC(=O)O)NC(=O)[C@@H](N)CCSC)C(=O)N[C@@H](CO)C(=O)N[C@@H](Cc1ccc(O)cc1)C(=O)N[C@@H](CCSC)C(=O)N[C@@H](CC(=O)O)C(=O)N[C@@H](CO)C(N)=O. The molecule has 26 N–H and O–H groups in total. The molecule has 14 amide bonds. The Bertz CT molecular complexity index is 3800. The van der Waals surface area contributed by atoms with E-state index in [2.05, 4.69) is 93.7 Å². The van der Waals surface area contributed by atoms with Crippen LogP contribution in [-0.2, 0) is 102 Å². The number of H-pyrrole nitrogens is 3. The van der Waals surface area contributed by atoms with E-state index in [-0.39, 0.29) is 91.5 Å². The van der Waals surface area contributed by atoms with Gasteiger partial charge in [0.25, 0.3) is 0 Å². The molecule has 0 unspecified atom stereocenters. The van der Waals surface area contributed by atoms with Crippen molar-refractivity contribution >= 4 is 142 Å². The van der Waals surface area contributed by atoms with E-state index in [1.54, 1.807) is 25.0 Å². The molecule has 0 spiro atoms. The number of aromatic hydroxyl groups is 1. The number of phenolic OH excluding ortho intramolecular Hbond substituents is 1.